The number of rotatable bonds is 5. The quantitative estimate of drug-likeness (QED) is 0.688. The third-order valence-electron chi connectivity index (χ3n) is 3.36. The van der Waals surface area contributed by atoms with Gasteiger partial charge in [0.2, 0.25) is 11.8 Å². The van der Waals surface area contributed by atoms with Crippen LogP contribution in [-0.4, -0.2) is 18.4 Å². The Labute approximate surface area is 156 Å². The molecule has 0 atom stereocenters. The Morgan fingerprint density at radius 1 is 0.920 bits per heavy atom. The highest BCUT2D eigenvalue weighted by atomic mass is 79.9. The highest BCUT2D eigenvalue weighted by Crippen LogP contribution is 2.20. The van der Waals surface area contributed by atoms with E-state index in [4.69, 9.17) is 0 Å². The third-order valence-corrected chi connectivity index (χ3v) is 3.86. The summed E-state index contributed by atoms with van der Waals surface area (Å²) < 4.78 is 0.945. The van der Waals surface area contributed by atoms with Crippen LogP contribution < -0.4 is 16.0 Å². The van der Waals surface area contributed by atoms with Gasteiger partial charge in [0.05, 0.1) is 6.54 Å². The summed E-state index contributed by atoms with van der Waals surface area (Å²) in [7, 11) is 0. The number of halogens is 1. The van der Waals surface area contributed by atoms with Gasteiger partial charge in [0.25, 0.3) is 0 Å². The molecule has 0 aliphatic rings. The summed E-state index contributed by atoms with van der Waals surface area (Å²) >= 11 is 3.39. The maximum absolute atomic E-state index is 12.1. The zero-order chi connectivity index (χ0) is 18.4. The smallest absolute Gasteiger partial charge is 0.243 e. The van der Waals surface area contributed by atoms with Crippen molar-refractivity contribution in [1.82, 2.24) is 0 Å². The monoisotopic (exact) mass is 403 g/mol. The summed E-state index contributed by atoms with van der Waals surface area (Å²) in [4.78, 5) is 24.1. The van der Waals surface area contributed by atoms with Gasteiger partial charge in [-0.15, -0.1) is 0 Å². The molecular formula is C19H22BrN3O2. The Kier molecular flexibility index (Phi) is 6.20. The standard InChI is InChI=1S/C19H22BrN3O2/c1-19(2,3)18(25)23-16-9-5-8-15(11-16)22-17(24)12-21-14-7-4-6-13(20)10-14/h4-11,21H,12H2,1-3H3,(H,22,24)(H,23,25). The fourth-order valence-electron chi connectivity index (χ4n) is 1.98. The maximum Gasteiger partial charge on any atom is 0.243 e. The molecule has 0 spiro atoms. The zero-order valence-electron chi connectivity index (χ0n) is 14.5. The van der Waals surface area contributed by atoms with Gasteiger partial charge in [0.1, 0.15) is 0 Å². The first-order chi connectivity index (χ1) is 11.7. The average Bonchev–Trinajstić information content (AvgIpc) is 2.52. The minimum Gasteiger partial charge on any atom is -0.376 e. The molecule has 0 saturated heterocycles. The van der Waals surface area contributed by atoms with Crippen LogP contribution in [0, 0.1) is 5.41 Å². The largest absolute Gasteiger partial charge is 0.376 e. The van der Waals surface area contributed by atoms with Crippen LogP contribution in [0.25, 0.3) is 0 Å². The second-order valence-corrected chi connectivity index (χ2v) is 7.61. The van der Waals surface area contributed by atoms with Crippen molar-refractivity contribution in [2.24, 2.45) is 5.41 Å². The number of anilines is 3. The zero-order valence-corrected chi connectivity index (χ0v) is 16.1. The van der Waals surface area contributed by atoms with E-state index in [0.29, 0.717) is 11.4 Å². The maximum atomic E-state index is 12.1. The van der Waals surface area contributed by atoms with E-state index in [1.165, 1.54) is 0 Å². The first-order valence-corrected chi connectivity index (χ1v) is 8.74. The van der Waals surface area contributed by atoms with Gasteiger partial charge in [-0.1, -0.05) is 48.8 Å². The number of hydrogen-bond acceptors (Lipinski definition) is 3. The van der Waals surface area contributed by atoms with Crippen LogP contribution in [-0.2, 0) is 9.59 Å². The molecule has 2 aromatic rings. The summed E-state index contributed by atoms with van der Waals surface area (Å²) in [5.74, 6) is -0.244. The van der Waals surface area contributed by atoms with E-state index in [1.807, 2.05) is 45.0 Å². The number of hydrogen-bond donors (Lipinski definition) is 3. The van der Waals surface area contributed by atoms with Gasteiger partial charge in [0, 0.05) is 26.9 Å². The predicted octanol–water partition coefficient (Wildman–Crippen LogP) is 4.48. The normalized spacial score (nSPS) is 10.9. The van der Waals surface area contributed by atoms with E-state index in [2.05, 4.69) is 31.9 Å². The van der Waals surface area contributed by atoms with E-state index in [0.717, 1.165) is 10.2 Å². The van der Waals surface area contributed by atoms with Gasteiger partial charge in [-0.05, 0) is 36.4 Å². The molecule has 5 nitrogen and oxygen atoms in total. The molecule has 25 heavy (non-hydrogen) atoms. The minimum atomic E-state index is -0.479. The molecular weight excluding hydrogens is 382 g/mol. The van der Waals surface area contributed by atoms with Crippen LogP contribution >= 0.6 is 15.9 Å². The minimum absolute atomic E-state index is 0.0766. The molecule has 0 fully saturated rings. The summed E-state index contributed by atoms with van der Waals surface area (Å²) in [6, 6.07) is 14.7. The topological polar surface area (TPSA) is 70.2 Å². The molecule has 0 aliphatic heterocycles. The third kappa shape index (κ3) is 6.23. The first-order valence-electron chi connectivity index (χ1n) is 7.95. The molecule has 0 unspecified atom stereocenters. The molecule has 0 radical (unpaired) electrons. The summed E-state index contributed by atoms with van der Waals surface area (Å²) in [5.41, 5.74) is 1.66. The molecule has 2 rings (SSSR count). The Bertz CT molecular complexity index is 769. The highest BCUT2D eigenvalue weighted by Gasteiger charge is 2.21. The Balaban J connectivity index is 1.92. The van der Waals surface area contributed by atoms with Gasteiger partial charge in [-0.25, -0.2) is 0 Å². The van der Waals surface area contributed by atoms with Gasteiger partial charge >= 0.3 is 0 Å². The Hall–Kier alpha value is -2.34. The van der Waals surface area contributed by atoms with Crippen molar-refractivity contribution < 1.29 is 9.59 Å². The second kappa shape index (κ2) is 8.16. The first kappa shape index (κ1) is 19.0. The number of nitrogens with one attached hydrogen (secondary N) is 3. The van der Waals surface area contributed by atoms with Crippen molar-refractivity contribution in [2.45, 2.75) is 20.8 Å². The predicted molar refractivity (Wildman–Crippen MR) is 106 cm³/mol. The molecule has 0 saturated carbocycles. The fraction of sp³-hybridized carbons (Fsp3) is 0.263. The van der Waals surface area contributed by atoms with Crippen LogP contribution in [0.3, 0.4) is 0 Å². The highest BCUT2D eigenvalue weighted by molar-refractivity contribution is 9.10. The molecule has 6 heteroatoms. The molecule has 0 bridgehead atoms. The van der Waals surface area contributed by atoms with Crippen molar-refractivity contribution in [3.8, 4) is 0 Å². The number of carbonyl (C=O) groups excluding carboxylic acids is 2. The summed E-state index contributed by atoms with van der Waals surface area (Å²) in [6.45, 7) is 5.69. The van der Waals surface area contributed by atoms with E-state index >= 15 is 0 Å². The van der Waals surface area contributed by atoms with Crippen LogP contribution in [0.5, 0.6) is 0 Å². The van der Waals surface area contributed by atoms with Gasteiger partial charge < -0.3 is 16.0 Å². The van der Waals surface area contributed by atoms with Crippen molar-refractivity contribution in [1.29, 1.82) is 0 Å². The molecule has 3 N–H and O–H groups in total. The SMILES string of the molecule is CC(C)(C)C(=O)Nc1cccc(NC(=O)CNc2cccc(Br)c2)c1. The van der Waals surface area contributed by atoms with Gasteiger partial charge in [-0.3, -0.25) is 9.59 Å². The fourth-order valence-corrected chi connectivity index (χ4v) is 2.38. The number of benzene rings is 2. The summed E-state index contributed by atoms with van der Waals surface area (Å²) in [6.07, 6.45) is 0. The molecule has 2 amide bonds. The van der Waals surface area contributed by atoms with Crippen molar-refractivity contribution >= 4 is 44.8 Å². The van der Waals surface area contributed by atoms with Crippen molar-refractivity contribution in [3.05, 3.63) is 53.0 Å². The van der Waals surface area contributed by atoms with E-state index in [-0.39, 0.29) is 18.4 Å². The lowest BCUT2D eigenvalue weighted by atomic mass is 9.95. The molecule has 0 aliphatic carbocycles. The molecule has 0 aromatic heterocycles. The number of carbonyl (C=O) groups is 2. The van der Waals surface area contributed by atoms with Crippen LogP contribution in [0.15, 0.2) is 53.0 Å². The van der Waals surface area contributed by atoms with Crippen LogP contribution in [0.1, 0.15) is 20.8 Å². The van der Waals surface area contributed by atoms with E-state index in [1.54, 1.807) is 24.3 Å². The molecule has 132 valence electrons. The molecule has 2 aromatic carbocycles. The van der Waals surface area contributed by atoms with Crippen molar-refractivity contribution in [2.75, 3.05) is 22.5 Å². The van der Waals surface area contributed by atoms with Gasteiger partial charge in [-0.2, -0.15) is 0 Å². The van der Waals surface area contributed by atoms with Gasteiger partial charge in [0.15, 0.2) is 0 Å². The van der Waals surface area contributed by atoms with Crippen LogP contribution in [0.4, 0.5) is 17.1 Å². The lowest BCUT2D eigenvalue weighted by Crippen LogP contribution is -2.27. The van der Waals surface area contributed by atoms with Crippen LogP contribution in [0.2, 0.25) is 0 Å². The van der Waals surface area contributed by atoms with E-state index in [9.17, 15) is 9.59 Å². The summed E-state index contributed by atoms with van der Waals surface area (Å²) in [5, 5.41) is 8.72. The lowest BCUT2D eigenvalue weighted by molar-refractivity contribution is -0.123. The Morgan fingerprint density at radius 2 is 1.52 bits per heavy atom. The van der Waals surface area contributed by atoms with Crippen molar-refractivity contribution in [3.63, 3.8) is 0 Å². The lowest BCUT2D eigenvalue weighted by Gasteiger charge is -2.18. The Morgan fingerprint density at radius 3 is 2.16 bits per heavy atom. The number of amides is 2. The molecule has 0 heterocycles. The van der Waals surface area contributed by atoms with E-state index < -0.39 is 5.41 Å². The average molecular weight is 404 g/mol. The second-order valence-electron chi connectivity index (χ2n) is 6.70.